The molecule has 168 valence electrons. The maximum atomic E-state index is 13.1. The first-order valence-corrected chi connectivity index (χ1v) is 10.8. The lowest BCUT2D eigenvalue weighted by molar-refractivity contribution is 0.0936. The minimum absolute atomic E-state index is 0.0724. The normalized spacial score (nSPS) is 11.8. The van der Waals surface area contributed by atoms with Crippen molar-refractivity contribution in [2.24, 2.45) is 0 Å². The maximum absolute atomic E-state index is 13.1. The fourth-order valence-electron chi connectivity index (χ4n) is 3.62. The molecule has 8 nitrogen and oxygen atoms in total. The van der Waals surface area contributed by atoms with Crippen LogP contribution in [-0.2, 0) is 6.54 Å². The summed E-state index contributed by atoms with van der Waals surface area (Å²) in [5.74, 6) is -0.501. The van der Waals surface area contributed by atoms with Crippen LogP contribution in [0.1, 0.15) is 52.0 Å². The van der Waals surface area contributed by atoms with Crippen LogP contribution in [0.4, 0.5) is 0 Å². The Bertz CT molecular complexity index is 1320. The number of aromatic amines is 1. The summed E-state index contributed by atoms with van der Waals surface area (Å²) >= 11 is 0. The zero-order chi connectivity index (χ0) is 23.4. The average molecular weight is 444 g/mol. The molecule has 2 heterocycles. The number of benzene rings is 2. The Morgan fingerprint density at radius 3 is 2.36 bits per heavy atom. The molecule has 0 spiro atoms. The van der Waals surface area contributed by atoms with Crippen molar-refractivity contribution in [3.05, 3.63) is 99.7 Å². The number of para-hydroxylation sites is 2. The van der Waals surface area contributed by atoms with Crippen LogP contribution in [0.15, 0.2) is 71.8 Å². The van der Waals surface area contributed by atoms with Crippen LogP contribution in [0, 0.1) is 0 Å². The molecule has 0 saturated heterocycles. The van der Waals surface area contributed by atoms with Crippen LogP contribution in [0.5, 0.6) is 0 Å². The van der Waals surface area contributed by atoms with E-state index < -0.39 is 23.3 Å². The first-order valence-electron chi connectivity index (χ1n) is 10.8. The number of rotatable bonds is 7. The molecule has 0 fully saturated rings. The molecule has 4 rings (SSSR count). The lowest BCUT2D eigenvalue weighted by Crippen LogP contribution is -2.36. The summed E-state index contributed by atoms with van der Waals surface area (Å²) in [7, 11) is 0. The Morgan fingerprint density at radius 1 is 1.00 bits per heavy atom. The lowest BCUT2D eigenvalue weighted by atomic mass is 10.1. The highest BCUT2D eigenvalue weighted by Crippen LogP contribution is 2.16. The highest BCUT2D eigenvalue weighted by Gasteiger charge is 2.21. The molecule has 2 amide bonds. The van der Waals surface area contributed by atoms with Gasteiger partial charge in [0.05, 0.1) is 17.1 Å². The second kappa shape index (κ2) is 9.52. The standard InChI is InChI=1S/C25H25N5O3/c1-3-26-24(32)18-14-30(13-17-9-5-4-6-10-17)15-19(22(18)31)25(33)27-16(2)23-28-20-11-7-8-12-21(20)29-23/h4-12,14-16H,3,13H2,1-2H3,(H,26,32)(H,27,33)(H,28,29)/t16-/m0/s1. The van der Waals surface area contributed by atoms with Gasteiger partial charge < -0.3 is 20.2 Å². The van der Waals surface area contributed by atoms with Gasteiger partial charge in [-0.05, 0) is 31.5 Å². The quantitative estimate of drug-likeness (QED) is 0.408. The zero-order valence-corrected chi connectivity index (χ0v) is 18.5. The summed E-state index contributed by atoms with van der Waals surface area (Å²) in [6.45, 7) is 4.33. The minimum Gasteiger partial charge on any atom is -0.352 e. The number of carbonyl (C=O) groups excluding carboxylic acids is 2. The number of carbonyl (C=O) groups is 2. The van der Waals surface area contributed by atoms with Gasteiger partial charge in [0.2, 0.25) is 5.43 Å². The van der Waals surface area contributed by atoms with Crippen molar-refractivity contribution >= 4 is 22.8 Å². The first-order chi connectivity index (χ1) is 16.0. The SMILES string of the molecule is CCNC(=O)c1cn(Cc2ccccc2)cc(C(=O)N[C@@H](C)c2nc3ccccc3[nH]2)c1=O. The summed E-state index contributed by atoms with van der Waals surface area (Å²) in [5, 5.41) is 5.47. The lowest BCUT2D eigenvalue weighted by Gasteiger charge is -2.14. The highest BCUT2D eigenvalue weighted by molar-refractivity contribution is 5.99. The third-order valence-corrected chi connectivity index (χ3v) is 5.28. The largest absolute Gasteiger partial charge is 0.352 e. The van der Waals surface area contributed by atoms with Crippen LogP contribution in [-0.4, -0.2) is 32.9 Å². The van der Waals surface area contributed by atoms with Crippen molar-refractivity contribution in [2.45, 2.75) is 26.4 Å². The molecule has 4 aromatic rings. The van der Waals surface area contributed by atoms with Gasteiger partial charge in [0.15, 0.2) is 0 Å². The van der Waals surface area contributed by atoms with Gasteiger partial charge in [-0.2, -0.15) is 0 Å². The van der Waals surface area contributed by atoms with Gasteiger partial charge in [-0.25, -0.2) is 4.98 Å². The molecule has 0 saturated carbocycles. The molecule has 1 atom stereocenters. The van der Waals surface area contributed by atoms with Crippen molar-refractivity contribution in [1.82, 2.24) is 25.2 Å². The van der Waals surface area contributed by atoms with Gasteiger partial charge >= 0.3 is 0 Å². The molecule has 2 aromatic heterocycles. The number of aromatic nitrogens is 3. The molecule has 0 unspecified atom stereocenters. The molecule has 0 aliphatic heterocycles. The molecule has 0 radical (unpaired) electrons. The zero-order valence-electron chi connectivity index (χ0n) is 18.5. The number of hydrogen-bond acceptors (Lipinski definition) is 4. The molecule has 0 bridgehead atoms. The minimum atomic E-state index is -0.612. The fourth-order valence-corrected chi connectivity index (χ4v) is 3.62. The van der Waals surface area contributed by atoms with E-state index in [0.29, 0.717) is 18.9 Å². The van der Waals surface area contributed by atoms with Crippen LogP contribution in [0.25, 0.3) is 11.0 Å². The monoisotopic (exact) mass is 443 g/mol. The molecule has 3 N–H and O–H groups in total. The Morgan fingerprint density at radius 2 is 1.67 bits per heavy atom. The van der Waals surface area contributed by atoms with E-state index in [2.05, 4.69) is 20.6 Å². The van der Waals surface area contributed by atoms with Gasteiger partial charge in [-0.1, -0.05) is 42.5 Å². The topological polar surface area (TPSA) is 109 Å². The Balaban J connectivity index is 1.65. The number of imidazole rings is 1. The molecule has 8 heteroatoms. The Kier molecular flexibility index (Phi) is 6.35. The number of fused-ring (bicyclic) bond motifs is 1. The Hall–Kier alpha value is -4.20. The van der Waals surface area contributed by atoms with E-state index in [9.17, 15) is 14.4 Å². The van der Waals surface area contributed by atoms with Crippen LogP contribution in [0.3, 0.4) is 0 Å². The van der Waals surface area contributed by atoms with Gasteiger partial charge in [0.25, 0.3) is 11.8 Å². The molecule has 0 aliphatic rings. The van der Waals surface area contributed by atoms with Gasteiger partial charge in [-0.3, -0.25) is 14.4 Å². The first kappa shape index (κ1) is 22.0. The van der Waals surface area contributed by atoms with Crippen LogP contribution in [0.2, 0.25) is 0 Å². The van der Waals surface area contributed by atoms with Gasteiger partial charge in [0, 0.05) is 25.5 Å². The van der Waals surface area contributed by atoms with Gasteiger partial charge in [0.1, 0.15) is 17.0 Å². The molecular formula is C25H25N5O3. The van der Waals surface area contributed by atoms with E-state index in [-0.39, 0.29) is 11.1 Å². The van der Waals surface area contributed by atoms with Crippen molar-refractivity contribution in [1.29, 1.82) is 0 Å². The van der Waals surface area contributed by atoms with E-state index in [1.54, 1.807) is 18.4 Å². The smallest absolute Gasteiger partial charge is 0.257 e. The fraction of sp³-hybridized carbons (Fsp3) is 0.200. The number of H-pyrrole nitrogens is 1. The highest BCUT2D eigenvalue weighted by atomic mass is 16.2. The van der Waals surface area contributed by atoms with Crippen molar-refractivity contribution in [3.63, 3.8) is 0 Å². The van der Waals surface area contributed by atoms with Crippen molar-refractivity contribution < 1.29 is 9.59 Å². The summed E-state index contributed by atoms with van der Waals surface area (Å²) in [4.78, 5) is 46.3. The third kappa shape index (κ3) is 4.85. The predicted molar refractivity (Wildman–Crippen MR) is 126 cm³/mol. The number of nitrogens with one attached hydrogen (secondary N) is 3. The van der Waals surface area contributed by atoms with E-state index in [0.717, 1.165) is 16.6 Å². The number of amides is 2. The Labute approximate surface area is 190 Å². The van der Waals surface area contributed by atoms with Crippen molar-refractivity contribution in [3.8, 4) is 0 Å². The second-order valence-corrected chi connectivity index (χ2v) is 7.77. The van der Waals surface area contributed by atoms with Crippen LogP contribution < -0.4 is 16.1 Å². The van der Waals surface area contributed by atoms with Crippen LogP contribution >= 0.6 is 0 Å². The molecule has 2 aromatic carbocycles. The van der Waals surface area contributed by atoms with E-state index >= 15 is 0 Å². The molecule has 33 heavy (non-hydrogen) atoms. The third-order valence-electron chi connectivity index (χ3n) is 5.28. The number of hydrogen-bond donors (Lipinski definition) is 3. The maximum Gasteiger partial charge on any atom is 0.257 e. The summed E-state index contributed by atoms with van der Waals surface area (Å²) in [5.41, 5.74) is 1.84. The number of nitrogens with zero attached hydrogens (tertiary/aromatic N) is 2. The summed E-state index contributed by atoms with van der Waals surface area (Å²) < 4.78 is 1.68. The van der Waals surface area contributed by atoms with Crippen molar-refractivity contribution in [2.75, 3.05) is 6.54 Å². The summed E-state index contributed by atoms with van der Waals surface area (Å²) in [6, 6.07) is 16.7. The van der Waals surface area contributed by atoms with E-state index in [1.807, 2.05) is 54.6 Å². The van der Waals surface area contributed by atoms with E-state index in [4.69, 9.17) is 0 Å². The van der Waals surface area contributed by atoms with E-state index in [1.165, 1.54) is 12.4 Å². The van der Waals surface area contributed by atoms with Gasteiger partial charge in [-0.15, -0.1) is 0 Å². The second-order valence-electron chi connectivity index (χ2n) is 7.77. The number of pyridine rings is 1. The summed E-state index contributed by atoms with van der Waals surface area (Å²) in [6.07, 6.45) is 2.97. The average Bonchev–Trinajstić information content (AvgIpc) is 3.25. The molecule has 0 aliphatic carbocycles. The predicted octanol–water partition coefficient (Wildman–Crippen LogP) is 3.01. The molecular weight excluding hydrogens is 418 g/mol.